The molecule has 0 radical (unpaired) electrons. The maximum absolute atomic E-state index is 10.7. The van der Waals surface area contributed by atoms with Crippen LogP contribution in [0.3, 0.4) is 0 Å². The number of aromatic carboxylic acids is 1. The van der Waals surface area contributed by atoms with Crippen LogP contribution in [0.5, 0.6) is 5.75 Å². The molecule has 0 bridgehead atoms. The van der Waals surface area contributed by atoms with Crippen molar-refractivity contribution in [1.29, 1.82) is 0 Å². The van der Waals surface area contributed by atoms with E-state index in [0.717, 1.165) is 25.9 Å². The van der Waals surface area contributed by atoms with Crippen molar-refractivity contribution in [2.24, 2.45) is 5.92 Å². The lowest BCUT2D eigenvalue weighted by Gasteiger charge is -2.09. The first-order valence-corrected chi connectivity index (χ1v) is 6.91. The van der Waals surface area contributed by atoms with Gasteiger partial charge in [0.05, 0.1) is 5.56 Å². The predicted molar refractivity (Wildman–Crippen MR) is 77.2 cm³/mol. The Morgan fingerprint density at radius 1 is 1.30 bits per heavy atom. The molecular formula is C15H23NO4. The topological polar surface area (TPSA) is 78.8 Å². The minimum absolute atomic E-state index is 0.245. The number of rotatable bonds is 10. The van der Waals surface area contributed by atoms with Crippen LogP contribution in [0, 0.1) is 5.92 Å². The number of aliphatic hydroxyl groups is 1. The van der Waals surface area contributed by atoms with Gasteiger partial charge in [-0.15, -0.1) is 0 Å². The van der Waals surface area contributed by atoms with Crippen molar-refractivity contribution in [1.82, 2.24) is 5.32 Å². The lowest BCUT2D eigenvalue weighted by Crippen LogP contribution is -2.22. The van der Waals surface area contributed by atoms with E-state index in [4.69, 9.17) is 14.9 Å². The van der Waals surface area contributed by atoms with Gasteiger partial charge in [0.1, 0.15) is 12.4 Å². The first-order valence-electron chi connectivity index (χ1n) is 6.91. The Bertz CT molecular complexity index is 391. The van der Waals surface area contributed by atoms with Crippen LogP contribution in [0.1, 0.15) is 30.1 Å². The van der Waals surface area contributed by atoms with Gasteiger partial charge >= 0.3 is 5.97 Å². The van der Waals surface area contributed by atoms with E-state index in [2.05, 4.69) is 5.32 Å². The highest BCUT2D eigenvalue weighted by molar-refractivity contribution is 5.87. The Balaban J connectivity index is 2.08. The summed E-state index contributed by atoms with van der Waals surface area (Å²) in [5.41, 5.74) is 0.258. The molecule has 1 unspecified atom stereocenters. The Morgan fingerprint density at radius 2 is 2.00 bits per heavy atom. The minimum atomic E-state index is -0.935. The molecule has 1 atom stereocenters. The molecule has 1 aromatic rings. The van der Waals surface area contributed by atoms with Gasteiger partial charge in [-0.2, -0.15) is 0 Å². The van der Waals surface area contributed by atoms with Gasteiger partial charge in [0.2, 0.25) is 0 Å². The molecule has 0 fully saturated rings. The average molecular weight is 281 g/mol. The zero-order valence-corrected chi connectivity index (χ0v) is 11.8. The van der Waals surface area contributed by atoms with E-state index in [1.807, 2.05) is 6.92 Å². The summed E-state index contributed by atoms with van der Waals surface area (Å²) in [6, 6.07) is 6.38. The summed E-state index contributed by atoms with van der Waals surface area (Å²) >= 11 is 0. The molecule has 20 heavy (non-hydrogen) atoms. The summed E-state index contributed by atoms with van der Waals surface area (Å²) in [5.74, 6) is 0.0989. The fourth-order valence-corrected chi connectivity index (χ4v) is 1.73. The van der Waals surface area contributed by atoms with Crippen molar-refractivity contribution < 1.29 is 19.7 Å². The molecule has 1 aromatic carbocycles. The largest absolute Gasteiger partial charge is 0.492 e. The molecule has 1 rings (SSSR count). The number of nitrogens with one attached hydrogen (secondary N) is 1. The standard InChI is InChI=1S/C15H23NO4/c1-12(11-17)3-2-8-16-9-10-20-14-6-4-13(5-7-14)15(18)19/h4-7,12,16-17H,2-3,8-11H2,1H3,(H,18,19). The van der Waals surface area contributed by atoms with E-state index < -0.39 is 5.97 Å². The second kappa shape index (κ2) is 9.34. The highest BCUT2D eigenvalue weighted by Crippen LogP contribution is 2.11. The third kappa shape index (κ3) is 6.54. The smallest absolute Gasteiger partial charge is 0.335 e. The van der Waals surface area contributed by atoms with E-state index in [9.17, 15) is 4.79 Å². The molecule has 0 amide bonds. The van der Waals surface area contributed by atoms with Crippen LogP contribution >= 0.6 is 0 Å². The SMILES string of the molecule is CC(CO)CCCNCCOc1ccc(C(=O)O)cc1. The normalized spacial score (nSPS) is 12.1. The molecule has 5 nitrogen and oxygen atoms in total. The van der Waals surface area contributed by atoms with Gasteiger partial charge < -0.3 is 20.3 Å². The molecule has 5 heteroatoms. The Morgan fingerprint density at radius 3 is 2.60 bits per heavy atom. The van der Waals surface area contributed by atoms with Crippen LogP contribution in [-0.2, 0) is 0 Å². The van der Waals surface area contributed by atoms with E-state index in [1.165, 1.54) is 12.1 Å². The lowest BCUT2D eigenvalue weighted by atomic mass is 10.1. The van der Waals surface area contributed by atoms with Crippen LogP contribution in [-0.4, -0.2) is 42.5 Å². The van der Waals surface area contributed by atoms with Crippen molar-refractivity contribution in [3.8, 4) is 5.75 Å². The maximum atomic E-state index is 10.7. The van der Waals surface area contributed by atoms with Crippen molar-refractivity contribution in [2.45, 2.75) is 19.8 Å². The quantitative estimate of drug-likeness (QED) is 0.570. The van der Waals surface area contributed by atoms with E-state index >= 15 is 0 Å². The van der Waals surface area contributed by atoms with E-state index in [0.29, 0.717) is 18.3 Å². The van der Waals surface area contributed by atoms with Crippen molar-refractivity contribution in [3.63, 3.8) is 0 Å². The molecule has 3 N–H and O–H groups in total. The zero-order valence-electron chi connectivity index (χ0n) is 11.8. The van der Waals surface area contributed by atoms with Crippen molar-refractivity contribution >= 4 is 5.97 Å². The third-order valence-corrected chi connectivity index (χ3v) is 3.01. The molecule has 112 valence electrons. The van der Waals surface area contributed by atoms with Gasteiger partial charge in [-0.05, 0) is 49.6 Å². The number of aliphatic hydroxyl groups excluding tert-OH is 1. The van der Waals surface area contributed by atoms with Gasteiger partial charge in [0.15, 0.2) is 0 Å². The minimum Gasteiger partial charge on any atom is -0.492 e. The second-order valence-corrected chi connectivity index (χ2v) is 4.86. The number of hydrogen-bond acceptors (Lipinski definition) is 4. The number of hydrogen-bond donors (Lipinski definition) is 3. The molecule has 0 aliphatic carbocycles. The Labute approximate surface area is 119 Å². The first-order chi connectivity index (χ1) is 9.63. The Kier molecular flexibility index (Phi) is 7.69. The molecule has 0 saturated heterocycles. The molecule has 0 heterocycles. The summed E-state index contributed by atoms with van der Waals surface area (Å²) in [5, 5.41) is 20.9. The second-order valence-electron chi connectivity index (χ2n) is 4.86. The fraction of sp³-hybridized carbons (Fsp3) is 0.533. The zero-order chi connectivity index (χ0) is 14.8. The predicted octanol–water partition coefficient (Wildman–Crippen LogP) is 1.76. The van der Waals surface area contributed by atoms with Crippen molar-refractivity contribution in [2.75, 3.05) is 26.3 Å². The Hall–Kier alpha value is -1.59. The van der Waals surface area contributed by atoms with Gasteiger partial charge in [0, 0.05) is 13.2 Å². The number of carboxylic acid groups (broad SMARTS) is 1. The molecule has 0 saturated carbocycles. The van der Waals surface area contributed by atoms with E-state index in [-0.39, 0.29) is 12.2 Å². The van der Waals surface area contributed by atoms with Crippen LogP contribution in [0.2, 0.25) is 0 Å². The van der Waals surface area contributed by atoms with Crippen LogP contribution < -0.4 is 10.1 Å². The molecule has 0 aromatic heterocycles. The van der Waals surface area contributed by atoms with Gasteiger partial charge in [0.25, 0.3) is 0 Å². The summed E-state index contributed by atoms with van der Waals surface area (Å²) < 4.78 is 5.49. The number of benzene rings is 1. The number of ether oxygens (including phenoxy) is 1. The average Bonchev–Trinajstić information content (AvgIpc) is 2.46. The van der Waals surface area contributed by atoms with E-state index in [1.54, 1.807) is 12.1 Å². The lowest BCUT2D eigenvalue weighted by molar-refractivity contribution is 0.0697. The summed E-state index contributed by atoms with van der Waals surface area (Å²) in [7, 11) is 0. The van der Waals surface area contributed by atoms with Crippen LogP contribution in [0.4, 0.5) is 0 Å². The fourth-order valence-electron chi connectivity index (χ4n) is 1.73. The third-order valence-electron chi connectivity index (χ3n) is 3.01. The number of carbonyl (C=O) groups is 1. The van der Waals surface area contributed by atoms with Crippen LogP contribution in [0.25, 0.3) is 0 Å². The first kappa shape index (κ1) is 16.5. The van der Waals surface area contributed by atoms with Gasteiger partial charge in [-0.25, -0.2) is 4.79 Å². The molecular weight excluding hydrogens is 258 g/mol. The maximum Gasteiger partial charge on any atom is 0.335 e. The molecule has 0 spiro atoms. The molecule has 0 aliphatic rings. The highest BCUT2D eigenvalue weighted by atomic mass is 16.5. The van der Waals surface area contributed by atoms with Gasteiger partial charge in [-0.1, -0.05) is 6.92 Å². The van der Waals surface area contributed by atoms with Crippen molar-refractivity contribution in [3.05, 3.63) is 29.8 Å². The van der Waals surface area contributed by atoms with Crippen LogP contribution in [0.15, 0.2) is 24.3 Å². The summed E-state index contributed by atoms with van der Waals surface area (Å²) in [4.78, 5) is 10.7. The monoisotopic (exact) mass is 281 g/mol. The summed E-state index contributed by atoms with van der Waals surface area (Å²) in [6.07, 6.45) is 2.05. The molecule has 0 aliphatic heterocycles. The summed E-state index contributed by atoms with van der Waals surface area (Å²) in [6.45, 7) is 4.47. The number of carboxylic acids is 1. The highest BCUT2D eigenvalue weighted by Gasteiger charge is 2.02. The van der Waals surface area contributed by atoms with Gasteiger partial charge in [-0.3, -0.25) is 0 Å².